The molecule has 1 N–H and O–H groups in total. The number of ether oxygens (including phenoxy) is 1. The molecule has 1 aromatic carbocycles. The standard InChI is InChI=1S/C13H13ClN2O2S/c1-8-3-4-10(14)11(5-8)16-13-15-9(7-19-13)6-12(17)18-2/h3-5,7H,6H2,1-2H3,(H,15,16). The van der Waals surface area contributed by atoms with Crippen LogP contribution in [0, 0.1) is 6.92 Å². The van der Waals surface area contributed by atoms with E-state index in [9.17, 15) is 4.79 Å². The van der Waals surface area contributed by atoms with Crippen molar-refractivity contribution in [3.05, 3.63) is 39.9 Å². The number of methoxy groups -OCH3 is 1. The number of aryl methyl sites for hydroxylation is 1. The van der Waals surface area contributed by atoms with Gasteiger partial charge in [-0.05, 0) is 24.6 Å². The summed E-state index contributed by atoms with van der Waals surface area (Å²) in [6.07, 6.45) is 0.177. The van der Waals surface area contributed by atoms with Gasteiger partial charge in [0.15, 0.2) is 5.13 Å². The van der Waals surface area contributed by atoms with E-state index in [0.29, 0.717) is 15.8 Å². The molecule has 0 bridgehead atoms. The van der Waals surface area contributed by atoms with E-state index in [-0.39, 0.29) is 12.4 Å². The lowest BCUT2D eigenvalue weighted by atomic mass is 10.2. The fraction of sp³-hybridized carbons (Fsp3) is 0.231. The van der Waals surface area contributed by atoms with E-state index in [1.165, 1.54) is 18.4 Å². The quantitative estimate of drug-likeness (QED) is 0.877. The highest BCUT2D eigenvalue weighted by atomic mass is 35.5. The van der Waals surface area contributed by atoms with Crippen LogP contribution >= 0.6 is 22.9 Å². The zero-order valence-corrected chi connectivity index (χ0v) is 12.1. The topological polar surface area (TPSA) is 51.2 Å². The summed E-state index contributed by atoms with van der Waals surface area (Å²) in [5.41, 5.74) is 2.60. The SMILES string of the molecule is COC(=O)Cc1csc(Nc2cc(C)ccc2Cl)n1. The highest BCUT2D eigenvalue weighted by Crippen LogP contribution is 2.28. The first-order chi connectivity index (χ1) is 9.08. The predicted octanol–water partition coefficient (Wildman–Crippen LogP) is 3.56. The second-order valence-electron chi connectivity index (χ2n) is 4.01. The first-order valence-electron chi connectivity index (χ1n) is 5.63. The Bertz CT molecular complexity index is 598. The Hall–Kier alpha value is -1.59. The monoisotopic (exact) mass is 296 g/mol. The largest absolute Gasteiger partial charge is 0.469 e. The van der Waals surface area contributed by atoms with Gasteiger partial charge in [0.2, 0.25) is 0 Å². The fourth-order valence-electron chi connectivity index (χ4n) is 1.52. The third-order valence-corrected chi connectivity index (χ3v) is 3.60. The number of halogens is 1. The molecule has 4 nitrogen and oxygen atoms in total. The number of nitrogens with one attached hydrogen (secondary N) is 1. The number of carbonyl (C=O) groups excluding carboxylic acids is 1. The molecular formula is C13H13ClN2O2S. The summed E-state index contributed by atoms with van der Waals surface area (Å²) >= 11 is 7.52. The van der Waals surface area contributed by atoms with Crippen molar-refractivity contribution in [2.24, 2.45) is 0 Å². The molecule has 0 saturated heterocycles. The molecule has 0 unspecified atom stereocenters. The van der Waals surface area contributed by atoms with E-state index in [2.05, 4.69) is 15.0 Å². The number of nitrogens with zero attached hydrogens (tertiary/aromatic N) is 1. The van der Waals surface area contributed by atoms with Gasteiger partial charge in [0.05, 0.1) is 29.9 Å². The number of carbonyl (C=O) groups is 1. The van der Waals surface area contributed by atoms with Crippen LogP contribution in [0.3, 0.4) is 0 Å². The average Bonchev–Trinajstić information content (AvgIpc) is 2.81. The molecule has 1 heterocycles. The first kappa shape index (κ1) is 13.8. The zero-order valence-electron chi connectivity index (χ0n) is 10.6. The Kier molecular flexibility index (Phi) is 4.39. The van der Waals surface area contributed by atoms with Gasteiger partial charge >= 0.3 is 5.97 Å². The summed E-state index contributed by atoms with van der Waals surface area (Å²) in [6.45, 7) is 1.99. The highest BCUT2D eigenvalue weighted by Gasteiger charge is 2.09. The lowest BCUT2D eigenvalue weighted by molar-refractivity contribution is -0.139. The van der Waals surface area contributed by atoms with Crippen molar-refractivity contribution in [1.29, 1.82) is 0 Å². The molecule has 100 valence electrons. The van der Waals surface area contributed by atoms with Crippen molar-refractivity contribution in [2.75, 3.05) is 12.4 Å². The number of thiazole rings is 1. The number of hydrogen-bond donors (Lipinski definition) is 1. The second kappa shape index (κ2) is 6.04. The number of rotatable bonds is 4. The van der Waals surface area contributed by atoms with E-state index in [0.717, 1.165) is 11.3 Å². The van der Waals surface area contributed by atoms with Crippen molar-refractivity contribution < 1.29 is 9.53 Å². The van der Waals surface area contributed by atoms with Crippen LogP contribution in [-0.4, -0.2) is 18.1 Å². The normalized spacial score (nSPS) is 10.3. The Morgan fingerprint density at radius 1 is 1.53 bits per heavy atom. The van der Waals surface area contributed by atoms with E-state index in [4.69, 9.17) is 11.6 Å². The average molecular weight is 297 g/mol. The molecule has 0 saturated carbocycles. The molecule has 0 atom stereocenters. The molecule has 0 spiro atoms. The molecule has 0 aliphatic heterocycles. The molecule has 0 radical (unpaired) electrons. The number of esters is 1. The third-order valence-electron chi connectivity index (χ3n) is 2.47. The van der Waals surface area contributed by atoms with Crippen molar-refractivity contribution >= 4 is 39.7 Å². The lowest BCUT2D eigenvalue weighted by Gasteiger charge is -2.06. The van der Waals surface area contributed by atoms with E-state index in [1.807, 2.05) is 30.5 Å². The van der Waals surface area contributed by atoms with Gasteiger partial charge in [-0.1, -0.05) is 17.7 Å². The van der Waals surface area contributed by atoms with E-state index >= 15 is 0 Å². The smallest absolute Gasteiger partial charge is 0.311 e. The highest BCUT2D eigenvalue weighted by molar-refractivity contribution is 7.13. The van der Waals surface area contributed by atoms with Crippen molar-refractivity contribution in [1.82, 2.24) is 4.98 Å². The molecule has 1 aromatic heterocycles. The molecule has 2 aromatic rings. The Morgan fingerprint density at radius 3 is 3.05 bits per heavy atom. The fourth-order valence-corrected chi connectivity index (χ4v) is 2.40. The summed E-state index contributed by atoms with van der Waals surface area (Å²) in [5, 5.41) is 6.31. The summed E-state index contributed by atoms with van der Waals surface area (Å²) in [6, 6.07) is 5.73. The molecule has 0 aliphatic carbocycles. The molecule has 0 aliphatic rings. The second-order valence-corrected chi connectivity index (χ2v) is 5.27. The Morgan fingerprint density at radius 2 is 2.32 bits per heavy atom. The van der Waals surface area contributed by atoms with Gasteiger partial charge in [0, 0.05) is 5.38 Å². The number of benzene rings is 1. The molecule has 6 heteroatoms. The van der Waals surface area contributed by atoms with Gasteiger partial charge in [0.25, 0.3) is 0 Å². The number of anilines is 2. The van der Waals surface area contributed by atoms with Gasteiger partial charge in [0.1, 0.15) is 0 Å². The van der Waals surface area contributed by atoms with Crippen molar-refractivity contribution in [3.63, 3.8) is 0 Å². The van der Waals surface area contributed by atoms with Crippen LogP contribution in [0.25, 0.3) is 0 Å². The molecular weight excluding hydrogens is 284 g/mol. The summed E-state index contributed by atoms with van der Waals surface area (Å²) in [4.78, 5) is 15.5. The minimum absolute atomic E-state index is 0.177. The summed E-state index contributed by atoms with van der Waals surface area (Å²) in [5.74, 6) is -0.301. The van der Waals surface area contributed by atoms with Gasteiger partial charge in [-0.3, -0.25) is 4.79 Å². The maximum Gasteiger partial charge on any atom is 0.311 e. The molecule has 0 amide bonds. The van der Waals surface area contributed by atoms with Gasteiger partial charge in [-0.15, -0.1) is 11.3 Å². The third kappa shape index (κ3) is 3.68. The molecule has 0 fully saturated rings. The Labute approximate surface area is 120 Å². The van der Waals surface area contributed by atoms with Crippen LogP contribution < -0.4 is 5.32 Å². The number of aromatic nitrogens is 1. The van der Waals surface area contributed by atoms with Crippen LogP contribution in [0.1, 0.15) is 11.3 Å². The number of hydrogen-bond acceptors (Lipinski definition) is 5. The maximum atomic E-state index is 11.1. The maximum absolute atomic E-state index is 11.1. The lowest BCUT2D eigenvalue weighted by Crippen LogP contribution is -2.04. The van der Waals surface area contributed by atoms with Crippen LogP contribution in [0.2, 0.25) is 5.02 Å². The molecule has 19 heavy (non-hydrogen) atoms. The van der Waals surface area contributed by atoms with Crippen molar-refractivity contribution in [2.45, 2.75) is 13.3 Å². The summed E-state index contributed by atoms with van der Waals surface area (Å²) < 4.78 is 4.60. The minimum atomic E-state index is -0.301. The first-order valence-corrected chi connectivity index (χ1v) is 6.88. The van der Waals surface area contributed by atoms with Gasteiger partial charge in [-0.2, -0.15) is 0 Å². The van der Waals surface area contributed by atoms with Gasteiger partial charge in [-0.25, -0.2) is 4.98 Å². The van der Waals surface area contributed by atoms with Crippen molar-refractivity contribution in [3.8, 4) is 0 Å². The van der Waals surface area contributed by atoms with E-state index < -0.39 is 0 Å². The Balaban J connectivity index is 2.11. The summed E-state index contributed by atoms with van der Waals surface area (Å²) in [7, 11) is 1.36. The zero-order chi connectivity index (χ0) is 13.8. The molecule has 2 rings (SSSR count). The van der Waals surface area contributed by atoms with Crippen LogP contribution in [0.15, 0.2) is 23.6 Å². The minimum Gasteiger partial charge on any atom is -0.469 e. The van der Waals surface area contributed by atoms with Crippen LogP contribution in [-0.2, 0) is 16.0 Å². The van der Waals surface area contributed by atoms with Crippen LogP contribution in [0.4, 0.5) is 10.8 Å². The van der Waals surface area contributed by atoms with Crippen LogP contribution in [0.5, 0.6) is 0 Å². The van der Waals surface area contributed by atoms with E-state index in [1.54, 1.807) is 0 Å². The predicted molar refractivity (Wildman–Crippen MR) is 77.3 cm³/mol. The van der Waals surface area contributed by atoms with Gasteiger partial charge < -0.3 is 10.1 Å².